The number of carbonyl (C=O) groups is 1. The number of aryl methyl sites for hydroxylation is 1. The van der Waals surface area contributed by atoms with Crippen LogP contribution in [0.25, 0.3) is 0 Å². The van der Waals surface area contributed by atoms with Crippen LogP contribution < -0.4 is 10.9 Å². The SMILES string of the molecule is Cn1ccc(C(=O)NCC(c2cccs2)N2CCCC2)cc1=O. The summed E-state index contributed by atoms with van der Waals surface area (Å²) in [6.45, 7) is 2.71. The third kappa shape index (κ3) is 3.71. The summed E-state index contributed by atoms with van der Waals surface area (Å²) in [6.07, 6.45) is 4.05. The molecule has 1 aliphatic heterocycles. The van der Waals surface area contributed by atoms with Crippen molar-refractivity contribution in [1.82, 2.24) is 14.8 Å². The molecule has 3 heterocycles. The van der Waals surface area contributed by atoms with Crippen LogP contribution in [0.15, 0.2) is 40.6 Å². The van der Waals surface area contributed by atoms with E-state index in [9.17, 15) is 9.59 Å². The molecule has 5 nitrogen and oxygen atoms in total. The average Bonchev–Trinajstić information content (AvgIpc) is 3.24. The molecule has 0 spiro atoms. The van der Waals surface area contributed by atoms with Crippen molar-refractivity contribution in [2.45, 2.75) is 18.9 Å². The van der Waals surface area contributed by atoms with Gasteiger partial charge in [-0.25, -0.2) is 0 Å². The molecule has 2 aromatic rings. The summed E-state index contributed by atoms with van der Waals surface area (Å²) in [5.74, 6) is -0.191. The Labute approximate surface area is 139 Å². The van der Waals surface area contributed by atoms with Gasteiger partial charge in [0.1, 0.15) is 0 Å². The summed E-state index contributed by atoms with van der Waals surface area (Å²) in [4.78, 5) is 27.7. The summed E-state index contributed by atoms with van der Waals surface area (Å²) in [5.41, 5.74) is 0.242. The maximum atomic E-state index is 12.3. The first-order valence-electron chi connectivity index (χ1n) is 7.87. The van der Waals surface area contributed by atoms with Gasteiger partial charge in [0.15, 0.2) is 0 Å². The van der Waals surface area contributed by atoms with E-state index in [2.05, 4.69) is 21.7 Å². The lowest BCUT2D eigenvalue weighted by Gasteiger charge is -2.26. The zero-order valence-electron chi connectivity index (χ0n) is 13.2. The van der Waals surface area contributed by atoms with Crippen molar-refractivity contribution in [2.24, 2.45) is 7.05 Å². The van der Waals surface area contributed by atoms with Crippen LogP contribution in [0.5, 0.6) is 0 Å². The van der Waals surface area contributed by atoms with Gasteiger partial charge in [-0.1, -0.05) is 6.07 Å². The molecule has 3 rings (SSSR count). The number of amides is 1. The van der Waals surface area contributed by atoms with E-state index in [1.165, 1.54) is 28.4 Å². The number of rotatable bonds is 5. The molecule has 6 heteroatoms. The quantitative estimate of drug-likeness (QED) is 0.912. The van der Waals surface area contributed by atoms with Gasteiger partial charge in [-0.05, 0) is 43.4 Å². The molecule has 1 atom stereocenters. The van der Waals surface area contributed by atoms with Gasteiger partial charge in [-0.3, -0.25) is 14.5 Å². The van der Waals surface area contributed by atoms with E-state index in [1.807, 2.05) is 6.07 Å². The highest BCUT2D eigenvalue weighted by molar-refractivity contribution is 7.10. The maximum Gasteiger partial charge on any atom is 0.251 e. The predicted molar refractivity (Wildman–Crippen MR) is 91.9 cm³/mol. The lowest BCUT2D eigenvalue weighted by atomic mass is 10.2. The van der Waals surface area contributed by atoms with Crippen molar-refractivity contribution >= 4 is 17.2 Å². The largest absolute Gasteiger partial charge is 0.350 e. The van der Waals surface area contributed by atoms with E-state index in [1.54, 1.807) is 30.6 Å². The molecule has 1 aliphatic rings. The Morgan fingerprint density at radius 1 is 1.35 bits per heavy atom. The highest BCUT2D eigenvalue weighted by atomic mass is 32.1. The summed E-state index contributed by atoms with van der Waals surface area (Å²) < 4.78 is 1.45. The Morgan fingerprint density at radius 2 is 2.13 bits per heavy atom. The highest BCUT2D eigenvalue weighted by Crippen LogP contribution is 2.27. The fraction of sp³-hybridized carbons (Fsp3) is 0.412. The average molecular weight is 331 g/mol. The van der Waals surface area contributed by atoms with Gasteiger partial charge >= 0.3 is 0 Å². The summed E-state index contributed by atoms with van der Waals surface area (Å²) in [5, 5.41) is 5.06. The second-order valence-electron chi connectivity index (χ2n) is 5.85. The Hall–Kier alpha value is -1.92. The summed E-state index contributed by atoms with van der Waals surface area (Å²) in [6, 6.07) is 7.44. The van der Waals surface area contributed by atoms with E-state index in [4.69, 9.17) is 0 Å². The molecule has 1 N–H and O–H groups in total. The van der Waals surface area contributed by atoms with Crippen LogP contribution in [0.3, 0.4) is 0 Å². The van der Waals surface area contributed by atoms with Crippen LogP contribution >= 0.6 is 11.3 Å². The molecule has 0 aromatic carbocycles. The Kier molecular flexibility index (Phi) is 4.93. The van der Waals surface area contributed by atoms with Gasteiger partial charge in [0.25, 0.3) is 11.5 Å². The summed E-state index contributed by atoms with van der Waals surface area (Å²) >= 11 is 1.72. The smallest absolute Gasteiger partial charge is 0.251 e. The molecule has 1 amide bonds. The van der Waals surface area contributed by atoms with Gasteiger partial charge in [0.2, 0.25) is 0 Å². The van der Waals surface area contributed by atoms with E-state index in [-0.39, 0.29) is 17.5 Å². The highest BCUT2D eigenvalue weighted by Gasteiger charge is 2.24. The number of nitrogens with zero attached hydrogens (tertiary/aromatic N) is 2. The molecule has 1 unspecified atom stereocenters. The van der Waals surface area contributed by atoms with Gasteiger partial charge in [-0.15, -0.1) is 11.3 Å². The lowest BCUT2D eigenvalue weighted by molar-refractivity contribution is 0.0938. The standard InChI is InChI=1S/C17H21N3O2S/c1-19-9-6-13(11-16(19)21)17(22)18-12-14(15-5-4-10-23-15)20-7-2-3-8-20/h4-6,9-11,14H,2-3,7-8,12H2,1H3,(H,18,22). The first kappa shape index (κ1) is 16.0. The lowest BCUT2D eigenvalue weighted by Crippen LogP contribution is -2.36. The number of carbonyl (C=O) groups excluding carboxylic acids is 1. The molecule has 0 radical (unpaired) electrons. The zero-order valence-corrected chi connectivity index (χ0v) is 14.0. The number of hydrogen-bond acceptors (Lipinski definition) is 4. The Balaban J connectivity index is 1.69. The fourth-order valence-corrected chi connectivity index (χ4v) is 3.79. The van der Waals surface area contributed by atoms with Crippen LogP contribution in [0.1, 0.15) is 34.1 Å². The van der Waals surface area contributed by atoms with Crippen molar-refractivity contribution in [3.63, 3.8) is 0 Å². The number of aromatic nitrogens is 1. The van der Waals surface area contributed by atoms with Crippen LogP contribution in [-0.4, -0.2) is 35.0 Å². The molecule has 1 saturated heterocycles. The molecule has 23 heavy (non-hydrogen) atoms. The third-order valence-electron chi connectivity index (χ3n) is 4.28. The van der Waals surface area contributed by atoms with Crippen molar-refractivity contribution in [3.05, 3.63) is 56.6 Å². The van der Waals surface area contributed by atoms with Crippen molar-refractivity contribution in [1.29, 1.82) is 0 Å². The minimum absolute atomic E-state index is 0.174. The topological polar surface area (TPSA) is 54.3 Å². The second kappa shape index (κ2) is 7.10. The number of hydrogen-bond donors (Lipinski definition) is 1. The maximum absolute atomic E-state index is 12.3. The Morgan fingerprint density at radius 3 is 2.78 bits per heavy atom. The van der Waals surface area contributed by atoms with E-state index in [0.717, 1.165) is 13.1 Å². The molecule has 0 aliphatic carbocycles. The number of likely N-dealkylation sites (tertiary alicyclic amines) is 1. The number of nitrogens with one attached hydrogen (secondary N) is 1. The predicted octanol–water partition coefficient (Wildman–Crippen LogP) is 2.01. The number of thiophene rings is 1. The molecular formula is C17H21N3O2S. The monoisotopic (exact) mass is 331 g/mol. The van der Waals surface area contributed by atoms with E-state index in [0.29, 0.717) is 12.1 Å². The van der Waals surface area contributed by atoms with Crippen LogP contribution in [0.2, 0.25) is 0 Å². The zero-order chi connectivity index (χ0) is 16.2. The fourth-order valence-electron chi connectivity index (χ4n) is 2.92. The minimum Gasteiger partial charge on any atom is -0.350 e. The molecule has 0 saturated carbocycles. The first-order chi connectivity index (χ1) is 11.1. The second-order valence-corrected chi connectivity index (χ2v) is 6.83. The molecule has 2 aromatic heterocycles. The normalized spacial score (nSPS) is 16.4. The van der Waals surface area contributed by atoms with Gasteiger partial charge in [-0.2, -0.15) is 0 Å². The molecular weight excluding hydrogens is 310 g/mol. The Bertz CT molecular complexity index is 718. The minimum atomic E-state index is -0.191. The van der Waals surface area contributed by atoms with Crippen molar-refractivity contribution < 1.29 is 4.79 Å². The molecule has 1 fully saturated rings. The van der Waals surface area contributed by atoms with Crippen LogP contribution in [0, 0.1) is 0 Å². The van der Waals surface area contributed by atoms with Crippen molar-refractivity contribution in [2.75, 3.05) is 19.6 Å². The molecule has 122 valence electrons. The van der Waals surface area contributed by atoms with Gasteiger partial charge < -0.3 is 9.88 Å². The third-order valence-corrected chi connectivity index (χ3v) is 5.25. The first-order valence-corrected chi connectivity index (χ1v) is 8.75. The molecule has 0 bridgehead atoms. The van der Waals surface area contributed by atoms with Crippen LogP contribution in [0.4, 0.5) is 0 Å². The van der Waals surface area contributed by atoms with Crippen molar-refractivity contribution in [3.8, 4) is 0 Å². The summed E-state index contributed by atoms with van der Waals surface area (Å²) in [7, 11) is 1.67. The van der Waals surface area contributed by atoms with E-state index < -0.39 is 0 Å². The number of pyridine rings is 1. The van der Waals surface area contributed by atoms with Crippen LogP contribution in [-0.2, 0) is 7.05 Å². The van der Waals surface area contributed by atoms with Gasteiger partial charge in [0, 0.05) is 36.3 Å². The van der Waals surface area contributed by atoms with Gasteiger partial charge in [0.05, 0.1) is 6.04 Å². The van der Waals surface area contributed by atoms with E-state index >= 15 is 0 Å².